The molecule has 18 heavy (non-hydrogen) atoms. The lowest BCUT2D eigenvalue weighted by atomic mass is 10.1. The Bertz CT molecular complexity index is 485. The highest BCUT2D eigenvalue weighted by Gasteiger charge is 2.14. The van der Waals surface area contributed by atoms with Crippen molar-refractivity contribution < 1.29 is 4.92 Å². The molecule has 96 valence electrons. The van der Waals surface area contributed by atoms with Gasteiger partial charge in [-0.15, -0.1) is 0 Å². The van der Waals surface area contributed by atoms with E-state index in [0.29, 0.717) is 13.1 Å². The SMILES string of the molecule is CC(C#N)CN(C)Cc1ccc(Cl)c([N+](=O)[O-])c1. The zero-order chi connectivity index (χ0) is 13.7. The van der Waals surface area contributed by atoms with Gasteiger partial charge in [0.15, 0.2) is 0 Å². The van der Waals surface area contributed by atoms with Crippen LogP contribution in [0.25, 0.3) is 0 Å². The van der Waals surface area contributed by atoms with Gasteiger partial charge in [0.05, 0.1) is 16.9 Å². The predicted molar refractivity (Wildman–Crippen MR) is 69.2 cm³/mol. The van der Waals surface area contributed by atoms with Gasteiger partial charge in [0.25, 0.3) is 5.69 Å². The Morgan fingerprint density at radius 1 is 1.61 bits per heavy atom. The maximum absolute atomic E-state index is 10.7. The minimum atomic E-state index is -0.496. The lowest BCUT2D eigenvalue weighted by Gasteiger charge is -2.17. The van der Waals surface area contributed by atoms with Crippen LogP contribution in [0.15, 0.2) is 18.2 Å². The molecule has 1 atom stereocenters. The molecule has 1 aromatic carbocycles. The molecule has 0 fully saturated rings. The molecular weight excluding hydrogens is 254 g/mol. The molecular formula is C12H14ClN3O2. The van der Waals surface area contributed by atoms with E-state index in [-0.39, 0.29) is 16.6 Å². The van der Waals surface area contributed by atoms with Gasteiger partial charge in [-0.1, -0.05) is 17.7 Å². The molecule has 6 heteroatoms. The van der Waals surface area contributed by atoms with E-state index in [1.54, 1.807) is 6.07 Å². The van der Waals surface area contributed by atoms with Crippen LogP contribution in [0.4, 0.5) is 5.69 Å². The van der Waals surface area contributed by atoms with Crippen LogP contribution in [0.1, 0.15) is 12.5 Å². The first kappa shape index (κ1) is 14.4. The van der Waals surface area contributed by atoms with E-state index < -0.39 is 4.92 Å². The van der Waals surface area contributed by atoms with Gasteiger partial charge in [0, 0.05) is 19.2 Å². The molecule has 1 aromatic rings. The molecule has 1 unspecified atom stereocenters. The van der Waals surface area contributed by atoms with Gasteiger partial charge < -0.3 is 4.90 Å². The van der Waals surface area contributed by atoms with Crippen molar-refractivity contribution in [1.29, 1.82) is 5.26 Å². The number of nitriles is 1. The van der Waals surface area contributed by atoms with Crippen molar-refractivity contribution >= 4 is 17.3 Å². The number of hydrogen-bond donors (Lipinski definition) is 0. The average Bonchev–Trinajstić information content (AvgIpc) is 2.31. The number of rotatable bonds is 5. The molecule has 0 bridgehead atoms. The highest BCUT2D eigenvalue weighted by Crippen LogP contribution is 2.25. The summed E-state index contributed by atoms with van der Waals surface area (Å²) in [6, 6.07) is 6.89. The minimum Gasteiger partial charge on any atom is -0.301 e. The van der Waals surface area contributed by atoms with E-state index in [9.17, 15) is 10.1 Å². The maximum Gasteiger partial charge on any atom is 0.288 e. The third-order valence-corrected chi connectivity index (χ3v) is 2.79. The number of benzene rings is 1. The Balaban J connectivity index is 2.77. The highest BCUT2D eigenvalue weighted by molar-refractivity contribution is 6.32. The summed E-state index contributed by atoms with van der Waals surface area (Å²) in [6.07, 6.45) is 0. The van der Waals surface area contributed by atoms with Gasteiger partial charge in [0.1, 0.15) is 5.02 Å². The normalized spacial score (nSPS) is 12.2. The molecule has 0 aliphatic rings. The maximum atomic E-state index is 10.7. The Morgan fingerprint density at radius 2 is 2.28 bits per heavy atom. The lowest BCUT2D eigenvalue weighted by Crippen LogP contribution is -2.23. The van der Waals surface area contributed by atoms with E-state index in [4.69, 9.17) is 16.9 Å². The van der Waals surface area contributed by atoms with Crippen LogP contribution in [0.3, 0.4) is 0 Å². The predicted octanol–water partition coefficient (Wildman–Crippen LogP) is 2.84. The first-order valence-electron chi connectivity index (χ1n) is 5.45. The molecule has 0 heterocycles. The van der Waals surface area contributed by atoms with E-state index in [2.05, 4.69) is 6.07 Å². The Labute approximate surface area is 111 Å². The Kier molecular flexibility index (Phi) is 5.08. The zero-order valence-electron chi connectivity index (χ0n) is 10.3. The van der Waals surface area contributed by atoms with Gasteiger partial charge in [-0.3, -0.25) is 10.1 Å². The fraction of sp³-hybridized carbons (Fsp3) is 0.417. The third-order valence-electron chi connectivity index (χ3n) is 2.47. The van der Waals surface area contributed by atoms with Crippen molar-refractivity contribution in [2.75, 3.05) is 13.6 Å². The summed E-state index contributed by atoms with van der Waals surface area (Å²) in [4.78, 5) is 12.2. The Morgan fingerprint density at radius 3 is 2.83 bits per heavy atom. The van der Waals surface area contributed by atoms with Crippen molar-refractivity contribution in [2.45, 2.75) is 13.5 Å². The number of nitro benzene ring substituents is 1. The fourth-order valence-corrected chi connectivity index (χ4v) is 1.87. The van der Waals surface area contributed by atoms with Crippen LogP contribution < -0.4 is 0 Å². The minimum absolute atomic E-state index is 0.0720. The molecule has 0 saturated carbocycles. The second-order valence-electron chi connectivity index (χ2n) is 4.27. The summed E-state index contributed by atoms with van der Waals surface area (Å²) in [5, 5.41) is 19.6. The highest BCUT2D eigenvalue weighted by atomic mass is 35.5. The largest absolute Gasteiger partial charge is 0.301 e. The van der Waals surface area contributed by atoms with Crippen molar-refractivity contribution in [3.63, 3.8) is 0 Å². The molecule has 0 aromatic heterocycles. The zero-order valence-corrected chi connectivity index (χ0v) is 11.0. The second-order valence-corrected chi connectivity index (χ2v) is 4.68. The van der Waals surface area contributed by atoms with E-state index in [1.165, 1.54) is 12.1 Å². The van der Waals surface area contributed by atoms with Crippen LogP contribution in [0.2, 0.25) is 5.02 Å². The summed E-state index contributed by atoms with van der Waals surface area (Å²) < 4.78 is 0. The molecule has 0 amide bonds. The van der Waals surface area contributed by atoms with Crippen molar-refractivity contribution in [3.8, 4) is 6.07 Å². The summed E-state index contributed by atoms with van der Waals surface area (Å²) in [5.74, 6) is -0.0720. The van der Waals surface area contributed by atoms with Gasteiger partial charge in [-0.25, -0.2) is 0 Å². The van der Waals surface area contributed by atoms with E-state index >= 15 is 0 Å². The molecule has 0 N–H and O–H groups in total. The lowest BCUT2D eigenvalue weighted by molar-refractivity contribution is -0.384. The van der Waals surface area contributed by atoms with Crippen molar-refractivity contribution in [2.24, 2.45) is 5.92 Å². The van der Waals surface area contributed by atoms with Crippen molar-refractivity contribution in [3.05, 3.63) is 38.9 Å². The molecule has 0 aliphatic carbocycles. The molecule has 0 radical (unpaired) electrons. The van der Waals surface area contributed by atoms with Crippen molar-refractivity contribution in [1.82, 2.24) is 4.90 Å². The fourth-order valence-electron chi connectivity index (χ4n) is 1.68. The number of hydrogen-bond acceptors (Lipinski definition) is 4. The number of nitro groups is 1. The average molecular weight is 268 g/mol. The van der Waals surface area contributed by atoms with Crippen LogP contribution in [0, 0.1) is 27.4 Å². The van der Waals surface area contributed by atoms with E-state index in [1.807, 2.05) is 18.9 Å². The summed E-state index contributed by atoms with van der Waals surface area (Å²) in [6.45, 7) is 3.00. The van der Waals surface area contributed by atoms with Gasteiger partial charge in [-0.05, 0) is 25.6 Å². The number of nitrogens with zero attached hydrogens (tertiary/aromatic N) is 3. The van der Waals surface area contributed by atoms with Crippen LogP contribution >= 0.6 is 11.6 Å². The summed E-state index contributed by atoms with van der Waals surface area (Å²) in [7, 11) is 1.87. The smallest absolute Gasteiger partial charge is 0.288 e. The third kappa shape index (κ3) is 3.99. The molecule has 0 aliphatic heterocycles. The molecule has 5 nitrogen and oxygen atoms in total. The quantitative estimate of drug-likeness (QED) is 0.607. The van der Waals surface area contributed by atoms with Gasteiger partial charge in [-0.2, -0.15) is 5.26 Å². The first-order chi connectivity index (χ1) is 8.43. The van der Waals surface area contributed by atoms with Crippen LogP contribution in [-0.4, -0.2) is 23.4 Å². The molecule has 1 rings (SSSR count). The second kappa shape index (κ2) is 6.34. The first-order valence-corrected chi connectivity index (χ1v) is 5.82. The monoisotopic (exact) mass is 267 g/mol. The van der Waals surface area contributed by atoms with Gasteiger partial charge >= 0.3 is 0 Å². The molecule has 0 saturated heterocycles. The molecule has 0 spiro atoms. The Hall–Kier alpha value is -1.64. The number of halogens is 1. The standard InChI is InChI=1S/C12H14ClN3O2/c1-9(6-14)7-15(2)8-10-3-4-11(13)12(5-10)16(17)18/h3-5,9H,7-8H2,1-2H3. The van der Waals surface area contributed by atoms with Crippen LogP contribution in [0.5, 0.6) is 0 Å². The topological polar surface area (TPSA) is 70.2 Å². The van der Waals surface area contributed by atoms with E-state index in [0.717, 1.165) is 5.56 Å². The summed E-state index contributed by atoms with van der Waals surface area (Å²) in [5.41, 5.74) is 0.717. The van der Waals surface area contributed by atoms with Crippen LogP contribution in [-0.2, 0) is 6.54 Å². The van der Waals surface area contributed by atoms with Gasteiger partial charge in [0.2, 0.25) is 0 Å². The summed E-state index contributed by atoms with van der Waals surface area (Å²) >= 11 is 5.74.